The SMILES string of the molecule is CCCCCCCCCC(CC(C)OCCO)OCCOCCO. The molecule has 146 valence electrons. The summed E-state index contributed by atoms with van der Waals surface area (Å²) in [7, 11) is 0. The predicted octanol–water partition coefficient (Wildman–Crippen LogP) is 3.31. The monoisotopic (exact) mass is 348 g/mol. The van der Waals surface area contributed by atoms with Crippen molar-refractivity contribution in [2.45, 2.75) is 83.8 Å². The Morgan fingerprint density at radius 3 is 2.08 bits per heavy atom. The minimum atomic E-state index is 0.0491. The Kier molecular flexibility index (Phi) is 19.0. The fraction of sp³-hybridized carbons (Fsp3) is 1.00. The average Bonchev–Trinajstić information content (AvgIpc) is 2.58. The third kappa shape index (κ3) is 16.7. The molecule has 0 spiro atoms. The van der Waals surface area contributed by atoms with Crippen molar-refractivity contribution >= 4 is 0 Å². The predicted molar refractivity (Wildman–Crippen MR) is 97.4 cm³/mol. The second-order valence-corrected chi connectivity index (χ2v) is 6.38. The normalized spacial score (nSPS) is 14.0. The fourth-order valence-electron chi connectivity index (χ4n) is 2.73. The van der Waals surface area contributed by atoms with Gasteiger partial charge in [-0.1, -0.05) is 51.9 Å². The molecule has 0 aromatic carbocycles. The highest BCUT2D eigenvalue weighted by Crippen LogP contribution is 2.16. The molecular formula is C19H40O5. The average molecular weight is 349 g/mol. The molecule has 0 bridgehead atoms. The lowest BCUT2D eigenvalue weighted by Crippen LogP contribution is -2.24. The molecule has 0 radical (unpaired) electrons. The summed E-state index contributed by atoms with van der Waals surface area (Å²) in [5.41, 5.74) is 0. The van der Waals surface area contributed by atoms with Crippen LogP contribution in [0.3, 0.4) is 0 Å². The first-order chi connectivity index (χ1) is 11.7. The molecule has 2 unspecified atom stereocenters. The number of ether oxygens (including phenoxy) is 3. The Bertz CT molecular complexity index is 238. The van der Waals surface area contributed by atoms with Crippen LogP contribution in [0.1, 0.15) is 71.6 Å². The van der Waals surface area contributed by atoms with Crippen molar-refractivity contribution in [3.8, 4) is 0 Å². The first-order valence-electron chi connectivity index (χ1n) is 9.77. The zero-order valence-electron chi connectivity index (χ0n) is 15.9. The second-order valence-electron chi connectivity index (χ2n) is 6.38. The van der Waals surface area contributed by atoms with E-state index in [-0.39, 0.29) is 25.4 Å². The maximum atomic E-state index is 8.84. The van der Waals surface area contributed by atoms with Gasteiger partial charge in [-0.15, -0.1) is 0 Å². The van der Waals surface area contributed by atoms with Crippen LogP contribution in [0.5, 0.6) is 0 Å². The molecule has 0 saturated carbocycles. The van der Waals surface area contributed by atoms with Gasteiger partial charge < -0.3 is 24.4 Å². The van der Waals surface area contributed by atoms with Crippen molar-refractivity contribution in [2.75, 3.05) is 39.6 Å². The van der Waals surface area contributed by atoms with Crippen molar-refractivity contribution in [3.05, 3.63) is 0 Å². The van der Waals surface area contributed by atoms with Gasteiger partial charge in [-0.3, -0.25) is 0 Å². The van der Waals surface area contributed by atoms with Crippen molar-refractivity contribution < 1.29 is 24.4 Å². The molecule has 0 amide bonds. The van der Waals surface area contributed by atoms with Gasteiger partial charge in [0.25, 0.3) is 0 Å². The number of aliphatic hydroxyl groups excluding tert-OH is 2. The number of rotatable bonds is 19. The molecule has 0 aromatic heterocycles. The number of hydrogen-bond acceptors (Lipinski definition) is 5. The highest BCUT2D eigenvalue weighted by Gasteiger charge is 2.14. The lowest BCUT2D eigenvalue weighted by Gasteiger charge is -2.22. The van der Waals surface area contributed by atoms with Crippen molar-refractivity contribution in [1.82, 2.24) is 0 Å². The summed E-state index contributed by atoms with van der Waals surface area (Å²) in [6, 6.07) is 0. The zero-order chi connectivity index (χ0) is 17.9. The van der Waals surface area contributed by atoms with E-state index in [9.17, 15) is 0 Å². The second kappa shape index (κ2) is 19.1. The Morgan fingerprint density at radius 2 is 1.42 bits per heavy atom. The summed E-state index contributed by atoms with van der Waals surface area (Å²) in [4.78, 5) is 0. The third-order valence-corrected chi connectivity index (χ3v) is 4.03. The summed E-state index contributed by atoms with van der Waals surface area (Å²) in [5.74, 6) is 0. The van der Waals surface area contributed by atoms with E-state index >= 15 is 0 Å². The van der Waals surface area contributed by atoms with Crippen LogP contribution in [-0.2, 0) is 14.2 Å². The van der Waals surface area contributed by atoms with E-state index in [0.29, 0.717) is 26.4 Å². The molecule has 0 saturated heterocycles. The van der Waals surface area contributed by atoms with E-state index in [1.807, 2.05) is 6.92 Å². The topological polar surface area (TPSA) is 68.2 Å². The summed E-state index contributed by atoms with van der Waals surface area (Å²) in [6.45, 7) is 6.18. The van der Waals surface area contributed by atoms with Gasteiger partial charge in [0.15, 0.2) is 0 Å². The first-order valence-corrected chi connectivity index (χ1v) is 9.77. The lowest BCUT2D eigenvalue weighted by atomic mass is 10.0. The first kappa shape index (κ1) is 23.8. The van der Waals surface area contributed by atoms with Gasteiger partial charge in [0.1, 0.15) is 0 Å². The van der Waals surface area contributed by atoms with Gasteiger partial charge in [-0.2, -0.15) is 0 Å². The molecule has 24 heavy (non-hydrogen) atoms. The van der Waals surface area contributed by atoms with Gasteiger partial charge in [0.2, 0.25) is 0 Å². The summed E-state index contributed by atoms with van der Waals surface area (Å²) < 4.78 is 16.7. The molecule has 0 fully saturated rings. The number of aliphatic hydroxyl groups is 2. The minimum Gasteiger partial charge on any atom is -0.394 e. The largest absolute Gasteiger partial charge is 0.394 e. The molecule has 0 aliphatic rings. The zero-order valence-corrected chi connectivity index (χ0v) is 15.9. The lowest BCUT2D eigenvalue weighted by molar-refractivity contribution is -0.0407. The molecule has 0 rings (SSSR count). The standard InChI is InChI=1S/C19H40O5/c1-3-4-5-6-7-8-9-10-19(17-18(2)23-14-12-21)24-16-15-22-13-11-20/h18-21H,3-17H2,1-2H3. The van der Waals surface area contributed by atoms with E-state index in [0.717, 1.165) is 12.8 Å². The van der Waals surface area contributed by atoms with Crippen LogP contribution >= 0.6 is 0 Å². The van der Waals surface area contributed by atoms with Crippen LogP contribution in [0.4, 0.5) is 0 Å². The van der Waals surface area contributed by atoms with Crippen LogP contribution in [0, 0.1) is 0 Å². The quantitative estimate of drug-likeness (QED) is 0.351. The van der Waals surface area contributed by atoms with Gasteiger partial charge >= 0.3 is 0 Å². The van der Waals surface area contributed by atoms with E-state index in [4.69, 9.17) is 24.4 Å². The molecule has 0 aliphatic heterocycles. The summed E-state index contributed by atoms with van der Waals surface area (Å²) in [6.07, 6.45) is 11.2. The summed E-state index contributed by atoms with van der Waals surface area (Å²) in [5, 5.41) is 17.5. The van der Waals surface area contributed by atoms with E-state index < -0.39 is 0 Å². The molecule has 2 N–H and O–H groups in total. The van der Waals surface area contributed by atoms with E-state index in [1.165, 1.54) is 44.9 Å². The Morgan fingerprint density at radius 1 is 0.750 bits per heavy atom. The minimum absolute atomic E-state index is 0.0491. The van der Waals surface area contributed by atoms with Crippen molar-refractivity contribution in [3.63, 3.8) is 0 Å². The van der Waals surface area contributed by atoms with Crippen molar-refractivity contribution in [1.29, 1.82) is 0 Å². The van der Waals surface area contributed by atoms with Crippen LogP contribution in [0.25, 0.3) is 0 Å². The molecule has 0 aliphatic carbocycles. The van der Waals surface area contributed by atoms with Gasteiger partial charge in [-0.05, 0) is 19.8 Å². The highest BCUT2D eigenvalue weighted by molar-refractivity contribution is 4.64. The molecule has 0 aromatic rings. The molecule has 5 heteroatoms. The number of unbranched alkanes of at least 4 members (excludes halogenated alkanes) is 6. The molecule has 5 nitrogen and oxygen atoms in total. The van der Waals surface area contributed by atoms with Crippen LogP contribution in [0.2, 0.25) is 0 Å². The third-order valence-electron chi connectivity index (χ3n) is 4.03. The Labute approximate surface area is 148 Å². The highest BCUT2D eigenvalue weighted by atomic mass is 16.5. The van der Waals surface area contributed by atoms with Gasteiger partial charge in [0, 0.05) is 0 Å². The molecule has 0 heterocycles. The van der Waals surface area contributed by atoms with Gasteiger partial charge in [-0.25, -0.2) is 0 Å². The van der Waals surface area contributed by atoms with Crippen LogP contribution in [0.15, 0.2) is 0 Å². The van der Waals surface area contributed by atoms with E-state index in [1.54, 1.807) is 0 Å². The van der Waals surface area contributed by atoms with Crippen LogP contribution in [-0.4, -0.2) is 62.1 Å². The molecule has 2 atom stereocenters. The summed E-state index contributed by atoms with van der Waals surface area (Å²) >= 11 is 0. The maximum Gasteiger partial charge on any atom is 0.0704 e. The van der Waals surface area contributed by atoms with Crippen LogP contribution < -0.4 is 0 Å². The Hall–Kier alpha value is -0.200. The smallest absolute Gasteiger partial charge is 0.0704 e. The van der Waals surface area contributed by atoms with Crippen molar-refractivity contribution in [2.24, 2.45) is 0 Å². The number of hydrogen-bond donors (Lipinski definition) is 2. The maximum absolute atomic E-state index is 8.84. The van der Waals surface area contributed by atoms with Gasteiger partial charge in [0.05, 0.1) is 51.8 Å². The molecular weight excluding hydrogens is 308 g/mol. The van der Waals surface area contributed by atoms with E-state index in [2.05, 4.69) is 6.92 Å². The Balaban J connectivity index is 3.88. The fourth-order valence-corrected chi connectivity index (χ4v) is 2.73.